The van der Waals surface area contributed by atoms with Crippen molar-refractivity contribution in [3.63, 3.8) is 0 Å². The van der Waals surface area contributed by atoms with Crippen LogP contribution in [0.5, 0.6) is 0 Å². The van der Waals surface area contributed by atoms with Crippen molar-refractivity contribution < 1.29 is 4.79 Å². The summed E-state index contributed by atoms with van der Waals surface area (Å²) in [5, 5.41) is 2.91. The minimum atomic E-state index is 0.0938. The molecule has 1 atom stereocenters. The zero-order valence-corrected chi connectivity index (χ0v) is 8.08. The number of hydrogen-bond acceptors (Lipinski definition) is 1. The smallest absolute Gasteiger partial charge is 0.220 e. The molecule has 0 saturated heterocycles. The van der Waals surface area contributed by atoms with Crippen LogP contribution in [0.15, 0.2) is 30.3 Å². The van der Waals surface area contributed by atoms with Crippen molar-refractivity contribution in [3.8, 4) is 0 Å². The van der Waals surface area contributed by atoms with Gasteiger partial charge < -0.3 is 5.32 Å². The van der Waals surface area contributed by atoms with E-state index in [0.29, 0.717) is 6.42 Å². The molecule has 0 aliphatic carbocycles. The summed E-state index contributed by atoms with van der Waals surface area (Å²) in [5.41, 5.74) is 1.14. The van der Waals surface area contributed by atoms with Gasteiger partial charge in [0.05, 0.1) is 6.04 Å². The Morgan fingerprint density at radius 1 is 1.38 bits per heavy atom. The fourth-order valence-electron chi connectivity index (χ4n) is 1.17. The highest BCUT2D eigenvalue weighted by atomic mass is 16.1. The molecule has 13 heavy (non-hydrogen) atoms. The molecular weight excluding hydrogens is 162 g/mol. The van der Waals surface area contributed by atoms with Gasteiger partial charge in [-0.05, 0) is 12.5 Å². The third-order valence-corrected chi connectivity index (χ3v) is 2.00. The molecule has 0 saturated carbocycles. The number of amides is 1. The highest BCUT2D eigenvalue weighted by Crippen LogP contribution is 2.10. The van der Waals surface area contributed by atoms with Crippen LogP contribution in [0.4, 0.5) is 0 Å². The molecule has 0 heterocycles. The minimum absolute atomic E-state index is 0.0938. The highest BCUT2D eigenvalue weighted by molar-refractivity contribution is 5.75. The third-order valence-electron chi connectivity index (χ3n) is 2.00. The van der Waals surface area contributed by atoms with Gasteiger partial charge in [0.2, 0.25) is 5.91 Å². The second-order valence-electron chi connectivity index (χ2n) is 3.05. The zero-order chi connectivity index (χ0) is 9.68. The molecule has 1 aromatic rings. The lowest BCUT2D eigenvalue weighted by Gasteiger charge is -2.13. The Morgan fingerprint density at radius 3 is 2.54 bits per heavy atom. The van der Waals surface area contributed by atoms with Crippen molar-refractivity contribution in [2.45, 2.75) is 26.3 Å². The molecule has 1 rings (SSSR count). The quantitative estimate of drug-likeness (QED) is 0.754. The van der Waals surface area contributed by atoms with Gasteiger partial charge in [-0.2, -0.15) is 0 Å². The van der Waals surface area contributed by atoms with Crippen molar-refractivity contribution in [1.29, 1.82) is 0 Å². The van der Waals surface area contributed by atoms with E-state index < -0.39 is 0 Å². The summed E-state index contributed by atoms with van der Waals surface area (Å²) in [6.45, 7) is 3.84. The van der Waals surface area contributed by atoms with Crippen molar-refractivity contribution in [3.05, 3.63) is 35.9 Å². The monoisotopic (exact) mass is 177 g/mol. The number of carbonyl (C=O) groups is 1. The summed E-state index contributed by atoms with van der Waals surface area (Å²) in [7, 11) is 0. The average molecular weight is 177 g/mol. The third kappa shape index (κ3) is 2.90. The average Bonchev–Trinajstić information content (AvgIpc) is 2.19. The molecule has 0 bridgehead atoms. The molecule has 1 aromatic carbocycles. The number of nitrogens with one attached hydrogen (secondary N) is 1. The van der Waals surface area contributed by atoms with E-state index in [4.69, 9.17) is 0 Å². The van der Waals surface area contributed by atoms with Crippen molar-refractivity contribution in [1.82, 2.24) is 5.32 Å². The molecule has 1 N–H and O–H groups in total. The van der Waals surface area contributed by atoms with Crippen LogP contribution in [-0.2, 0) is 4.79 Å². The largest absolute Gasteiger partial charge is 0.350 e. The maximum absolute atomic E-state index is 11.1. The van der Waals surface area contributed by atoms with Crippen molar-refractivity contribution in [2.24, 2.45) is 0 Å². The van der Waals surface area contributed by atoms with Gasteiger partial charge in [0.25, 0.3) is 0 Å². The van der Waals surface area contributed by atoms with Crippen molar-refractivity contribution in [2.75, 3.05) is 0 Å². The summed E-state index contributed by atoms with van der Waals surface area (Å²) >= 11 is 0. The minimum Gasteiger partial charge on any atom is -0.350 e. The standard InChI is InChI=1S/C11H15NO/c1-3-11(13)12-9(2)10-7-5-4-6-8-10/h4-9H,3H2,1-2H3,(H,12,13)/t9-/m0/s1. The molecule has 0 radical (unpaired) electrons. The van der Waals surface area contributed by atoms with Crippen LogP contribution in [0.1, 0.15) is 31.9 Å². The Balaban J connectivity index is 2.59. The van der Waals surface area contributed by atoms with Crippen LogP contribution in [0.3, 0.4) is 0 Å². The van der Waals surface area contributed by atoms with Crippen LogP contribution in [-0.4, -0.2) is 5.91 Å². The van der Waals surface area contributed by atoms with E-state index in [1.54, 1.807) is 0 Å². The number of rotatable bonds is 3. The molecule has 2 heteroatoms. The van der Waals surface area contributed by atoms with E-state index in [0.717, 1.165) is 5.56 Å². The topological polar surface area (TPSA) is 29.1 Å². The summed E-state index contributed by atoms with van der Waals surface area (Å²) in [6, 6.07) is 10.1. The van der Waals surface area contributed by atoms with Crippen molar-refractivity contribution >= 4 is 5.91 Å². The second-order valence-corrected chi connectivity index (χ2v) is 3.05. The number of benzene rings is 1. The van der Waals surface area contributed by atoms with Gasteiger partial charge in [-0.3, -0.25) is 4.79 Å². The Morgan fingerprint density at radius 2 is 2.00 bits per heavy atom. The molecule has 70 valence electrons. The lowest BCUT2D eigenvalue weighted by atomic mass is 10.1. The summed E-state index contributed by atoms with van der Waals surface area (Å²) in [6.07, 6.45) is 0.539. The highest BCUT2D eigenvalue weighted by Gasteiger charge is 2.06. The van der Waals surface area contributed by atoms with E-state index in [1.807, 2.05) is 44.2 Å². The molecular formula is C11H15NO. The maximum atomic E-state index is 11.1. The van der Waals surface area contributed by atoms with Gasteiger partial charge in [0, 0.05) is 6.42 Å². The van der Waals surface area contributed by atoms with Crippen LogP contribution >= 0.6 is 0 Å². The van der Waals surface area contributed by atoms with E-state index in [9.17, 15) is 4.79 Å². The van der Waals surface area contributed by atoms with Gasteiger partial charge in [-0.1, -0.05) is 37.3 Å². The van der Waals surface area contributed by atoms with Crippen LogP contribution in [0.25, 0.3) is 0 Å². The lowest BCUT2D eigenvalue weighted by Crippen LogP contribution is -2.25. The Kier molecular flexibility index (Phi) is 3.50. The van der Waals surface area contributed by atoms with Gasteiger partial charge in [0.1, 0.15) is 0 Å². The first-order chi connectivity index (χ1) is 6.24. The first-order valence-corrected chi connectivity index (χ1v) is 4.58. The van der Waals surface area contributed by atoms with Gasteiger partial charge in [-0.15, -0.1) is 0 Å². The first kappa shape index (κ1) is 9.78. The van der Waals surface area contributed by atoms with E-state index in [-0.39, 0.29) is 11.9 Å². The second kappa shape index (κ2) is 4.65. The summed E-state index contributed by atoms with van der Waals surface area (Å²) in [4.78, 5) is 11.1. The van der Waals surface area contributed by atoms with Crippen LogP contribution < -0.4 is 5.32 Å². The van der Waals surface area contributed by atoms with E-state index in [1.165, 1.54) is 0 Å². The fourth-order valence-corrected chi connectivity index (χ4v) is 1.17. The molecule has 0 aliphatic heterocycles. The Labute approximate surface area is 79.0 Å². The Hall–Kier alpha value is -1.31. The maximum Gasteiger partial charge on any atom is 0.220 e. The predicted octanol–water partition coefficient (Wildman–Crippen LogP) is 2.27. The van der Waals surface area contributed by atoms with Crippen LogP contribution in [0.2, 0.25) is 0 Å². The normalized spacial score (nSPS) is 12.2. The molecule has 1 amide bonds. The van der Waals surface area contributed by atoms with Crippen LogP contribution in [0, 0.1) is 0 Å². The fraction of sp³-hybridized carbons (Fsp3) is 0.364. The number of carbonyl (C=O) groups excluding carboxylic acids is 1. The Bertz CT molecular complexity index is 269. The lowest BCUT2D eigenvalue weighted by molar-refractivity contribution is -0.121. The summed E-state index contributed by atoms with van der Waals surface area (Å²) in [5.74, 6) is 0.0938. The first-order valence-electron chi connectivity index (χ1n) is 4.58. The predicted molar refractivity (Wildman–Crippen MR) is 53.3 cm³/mol. The molecule has 0 unspecified atom stereocenters. The number of hydrogen-bond donors (Lipinski definition) is 1. The summed E-state index contributed by atoms with van der Waals surface area (Å²) < 4.78 is 0. The van der Waals surface area contributed by atoms with Gasteiger partial charge >= 0.3 is 0 Å². The van der Waals surface area contributed by atoms with Gasteiger partial charge in [-0.25, -0.2) is 0 Å². The van der Waals surface area contributed by atoms with E-state index >= 15 is 0 Å². The molecule has 0 fully saturated rings. The molecule has 2 nitrogen and oxygen atoms in total. The molecule has 0 aromatic heterocycles. The molecule has 0 spiro atoms. The molecule has 0 aliphatic rings. The van der Waals surface area contributed by atoms with E-state index in [2.05, 4.69) is 5.32 Å². The van der Waals surface area contributed by atoms with Gasteiger partial charge in [0.15, 0.2) is 0 Å². The SMILES string of the molecule is CCC(=O)N[C@@H](C)c1ccccc1. The zero-order valence-electron chi connectivity index (χ0n) is 8.08.